The standard InChI is InChI=1S/C17H23N3O/c1-13-16(10-18-19-13)11-20-8-7-15(17(21)12-20)9-14-5-3-2-4-6-14/h2-6,10,15,17,21H,7-9,11-12H2,1H3,(H,18,19)/t15-,17-/m1/s1. The molecular formula is C17H23N3O. The number of aryl methyl sites for hydroxylation is 1. The first-order valence-corrected chi connectivity index (χ1v) is 7.65. The van der Waals surface area contributed by atoms with Gasteiger partial charge in [-0.3, -0.25) is 10.00 Å². The van der Waals surface area contributed by atoms with E-state index in [2.05, 4.69) is 39.4 Å². The van der Waals surface area contributed by atoms with E-state index in [1.807, 2.05) is 19.2 Å². The number of nitrogens with one attached hydrogen (secondary N) is 1. The van der Waals surface area contributed by atoms with Crippen molar-refractivity contribution < 1.29 is 5.11 Å². The molecule has 21 heavy (non-hydrogen) atoms. The molecule has 2 aromatic rings. The lowest BCUT2D eigenvalue weighted by Gasteiger charge is -2.36. The van der Waals surface area contributed by atoms with E-state index < -0.39 is 0 Å². The van der Waals surface area contributed by atoms with Crippen LogP contribution < -0.4 is 0 Å². The fourth-order valence-electron chi connectivity index (χ4n) is 3.12. The Bertz CT molecular complexity index is 566. The quantitative estimate of drug-likeness (QED) is 0.905. The summed E-state index contributed by atoms with van der Waals surface area (Å²) in [5, 5.41) is 17.5. The van der Waals surface area contributed by atoms with Gasteiger partial charge in [-0.2, -0.15) is 5.10 Å². The molecule has 3 rings (SSSR count). The van der Waals surface area contributed by atoms with Gasteiger partial charge in [0.25, 0.3) is 0 Å². The topological polar surface area (TPSA) is 52.2 Å². The number of aromatic nitrogens is 2. The number of hydrogen-bond donors (Lipinski definition) is 2. The Morgan fingerprint density at radius 3 is 2.81 bits per heavy atom. The van der Waals surface area contributed by atoms with Gasteiger partial charge in [0.1, 0.15) is 0 Å². The fraction of sp³-hybridized carbons (Fsp3) is 0.471. The third kappa shape index (κ3) is 3.52. The summed E-state index contributed by atoms with van der Waals surface area (Å²) in [4.78, 5) is 2.32. The normalized spacial score (nSPS) is 23.3. The van der Waals surface area contributed by atoms with E-state index in [-0.39, 0.29) is 6.10 Å². The van der Waals surface area contributed by atoms with E-state index in [0.29, 0.717) is 5.92 Å². The predicted molar refractivity (Wildman–Crippen MR) is 82.9 cm³/mol. The summed E-state index contributed by atoms with van der Waals surface area (Å²) in [6.45, 7) is 4.71. The number of aliphatic hydroxyl groups excluding tert-OH is 1. The van der Waals surface area contributed by atoms with Crippen LogP contribution in [0.2, 0.25) is 0 Å². The highest BCUT2D eigenvalue weighted by atomic mass is 16.3. The lowest BCUT2D eigenvalue weighted by Crippen LogP contribution is -2.44. The summed E-state index contributed by atoms with van der Waals surface area (Å²) in [5.74, 6) is 0.370. The minimum Gasteiger partial charge on any atom is -0.391 e. The first kappa shape index (κ1) is 14.3. The molecule has 4 heteroatoms. The number of piperidine rings is 1. The Labute approximate surface area is 125 Å². The second-order valence-corrected chi connectivity index (χ2v) is 6.06. The van der Waals surface area contributed by atoms with Crippen molar-refractivity contribution in [1.29, 1.82) is 0 Å². The molecule has 0 unspecified atom stereocenters. The van der Waals surface area contributed by atoms with Crippen molar-refractivity contribution in [3.8, 4) is 0 Å². The number of β-amino-alcohol motifs (C(OH)–C–C–N with tert-alkyl or cyclic N) is 1. The second kappa shape index (κ2) is 6.41. The average molecular weight is 285 g/mol. The van der Waals surface area contributed by atoms with Gasteiger partial charge in [-0.1, -0.05) is 30.3 Å². The highest BCUT2D eigenvalue weighted by molar-refractivity contribution is 5.16. The highest BCUT2D eigenvalue weighted by Gasteiger charge is 2.28. The first-order valence-electron chi connectivity index (χ1n) is 7.65. The van der Waals surface area contributed by atoms with E-state index in [9.17, 15) is 5.11 Å². The number of hydrogen-bond acceptors (Lipinski definition) is 3. The van der Waals surface area contributed by atoms with Crippen LogP contribution in [0.4, 0.5) is 0 Å². The Morgan fingerprint density at radius 1 is 1.33 bits per heavy atom. The van der Waals surface area contributed by atoms with Crippen LogP contribution >= 0.6 is 0 Å². The average Bonchev–Trinajstić information content (AvgIpc) is 2.88. The number of aromatic amines is 1. The highest BCUT2D eigenvalue weighted by Crippen LogP contribution is 2.23. The number of benzene rings is 1. The zero-order chi connectivity index (χ0) is 14.7. The number of likely N-dealkylation sites (tertiary alicyclic amines) is 1. The van der Waals surface area contributed by atoms with E-state index in [4.69, 9.17) is 0 Å². The number of nitrogens with zero attached hydrogens (tertiary/aromatic N) is 2. The van der Waals surface area contributed by atoms with Gasteiger partial charge in [0.05, 0.1) is 12.3 Å². The van der Waals surface area contributed by atoms with Crippen LogP contribution in [0.25, 0.3) is 0 Å². The van der Waals surface area contributed by atoms with Gasteiger partial charge in [0.2, 0.25) is 0 Å². The molecule has 1 aliphatic heterocycles. The maximum absolute atomic E-state index is 10.4. The Morgan fingerprint density at radius 2 is 2.14 bits per heavy atom. The van der Waals surface area contributed by atoms with Gasteiger partial charge in [0, 0.05) is 24.3 Å². The molecule has 112 valence electrons. The molecule has 1 aromatic heterocycles. The summed E-state index contributed by atoms with van der Waals surface area (Å²) >= 11 is 0. The maximum Gasteiger partial charge on any atom is 0.0699 e. The maximum atomic E-state index is 10.4. The summed E-state index contributed by atoms with van der Waals surface area (Å²) in [7, 11) is 0. The Kier molecular flexibility index (Phi) is 4.36. The molecule has 1 saturated heterocycles. The lowest BCUT2D eigenvalue weighted by molar-refractivity contribution is 0.0187. The van der Waals surface area contributed by atoms with Gasteiger partial charge in [-0.15, -0.1) is 0 Å². The Balaban J connectivity index is 1.56. The van der Waals surface area contributed by atoms with Gasteiger partial charge in [-0.05, 0) is 37.8 Å². The number of H-pyrrole nitrogens is 1. The van der Waals surface area contributed by atoms with Crippen molar-refractivity contribution in [2.45, 2.75) is 32.4 Å². The van der Waals surface area contributed by atoms with Gasteiger partial charge >= 0.3 is 0 Å². The van der Waals surface area contributed by atoms with Crippen LogP contribution in [0.5, 0.6) is 0 Å². The van der Waals surface area contributed by atoms with Crippen molar-refractivity contribution in [2.24, 2.45) is 5.92 Å². The smallest absolute Gasteiger partial charge is 0.0699 e. The molecule has 0 aliphatic carbocycles. The van der Waals surface area contributed by atoms with Crippen LogP contribution in [-0.4, -0.2) is 39.4 Å². The molecule has 0 bridgehead atoms. The van der Waals surface area contributed by atoms with Crippen LogP contribution in [0.3, 0.4) is 0 Å². The van der Waals surface area contributed by atoms with E-state index in [1.165, 1.54) is 11.1 Å². The SMILES string of the molecule is Cc1[nH]ncc1CN1CC[C@H](Cc2ccccc2)[C@H](O)C1. The molecule has 0 amide bonds. The summed E-state index contributed by atoms with van der Waals surface area (Å²) in [6.07, 6.45) is 3.66. The summed E-state index contributed by atoms with van der Waals surface area (Å²) in [6, 6.07) is 10.5. The fourth-order valence-corrected chi connectivity index (χ4v) is 3.12. The van der Waals surface area contributed by atoms with Crippen molar-refractivity contribution in [1.82, 2.24) is 15.1 Å². The molecule has 4 nitrogen and oxygen atoms in total. The van der Waals surface area contributed by atoms with Crippen molar-refractivity contribution in [2.75, 3.05) is 13.1 Å². The second-order valence-electron chi connectivity index (χ2n) is 6.06. The molecule has 1 aromatic carbocycles. The predicted octanol–water partition coefficient (Wildman–Crippen LogP) is 2.14. The summed E-state index contributed by atoms with van der Waals surface area (Å²) < 4.78 is 0. The minimum atomic E-state index is -0.244. The molecule has 0 spiro atoms. The zero-order valence-electron chi connectivity index (χ0n) is 12.5. The molecule has 2 N–H and O–H groups in total. The van der Waals surface area contributed by atoms with E-state index in [1.54, 1.807) is 0 Å². The molecule has 1 fully saturated rings. The first-order chi connectivity index (χ1) is 10.2. The van der Waals surface area contributed by atoms with Gasteiger partial charge < -0.3 is 5.11 Å². The van der Waals surface area contributed by atoms with Crippen molar-refractivity contribution >= 4 is 0 Å². The van der Waals surface area contributed by atoms with E-state index in [0.717, 1.165) is 38.2 Å². The van der Waals surface area contributed by atoms with E-state index >= 15 is 0 Å². The number of rotatable bonds is 4. The van der Waals surface area contributed by atoms with Crippen LogP contribution in [0.15, 0.2) is 36.5 Å². The third-order valence-electron chi connectivity index (χ3n) is 4.47. The van der Waals surface area contributed by atoms with Crippen molar-refractivity contribution in [3.63, 3.8) is 0 Å². The van der Waals surface area contributed by atoms with Crippen LogP contribution in [0.1, 0.15) is 23.2 Å². The molecule has 0 radical (unpaired) electrons. The summed E-state index contributed by atoms with van der Waals surface area (Å²) in [5.41, 5.74) is 3.67. The number of aliphatic hydroxyl groups is 1. The minimum absolute atomic E-state index is 0.244. The van der Waals surface area contributed by atoms with Crippen LogP contribution in [-0.2, 0) is 13.0 Å². The Hall–Kier alpha value is -1.65. The third-order valence-corrected chi connectivity index (χ3v) is 4.47. The zero-order valence-corrected chi connectivity index (χ0v) is 12.5. The monoisotopic (exact) mass is 285 g/mol. The largest absolute Gasteiger partial charge is 0.391 e. The van der Waals surface area contributed by atoms with Crippen molar-refractivity contribution in [3.05, 3.63) is 53.3 Å². The molecular weight excluding hydrogens is 262 g/mol. The molecule has 1 aliphatic rings. The van der Waals surface area contributed by atoms with Gasteiger partial charge in [0.15, 0.2) is 0 Å². The lowest BCUT2D eigenvalue weighted by atomic mass is 9.88. The molecule has 2 heterocycles. The molecule has 0 saturated carbocycles. The molecule has 2 atom stereocenters. The van der Waals surface area contributed by atoms with Crippen LogP contribution in [0, 0.1) is 12.8 Å². The van der Waals surface area contributed by atoms with Gasteiger partial charge in [-0.25, -0.2) is 0 Å².